The minimum absolute atomic E-state index is 0.00810. The normalized spacial score (nSPS) is 17.5. The molecule has 5 heteroatoms. The molecule has 1 aromatic heterocycles. The molecule has 1 aromatic carbocycles. The fraction of sp³-hybridized carbons (Fsp3) is 0.353. The van der Waals surface area contributed by atoms with Gasteiger partial charge in [0.1, 0.15) is 17.3 Å². The van der Waals surface area contributed by atoms with Crippen molar-refractivity contribution in [3.05, 3.63) is 47.9 Å². The average molecular weight is 301 g/mol. The third-order valence-electron chi connectivity index (χ3n) is 4.02. The summed E-state index contributed by atoms with van der Waals surface area (Å²) in [4.78, 5) is 14.5. The lowest BCUT2D eigenvalue weighted by molar-refractivity contribution is 0.0789. The van der Waals surface area contributed by atoms with Crippen LogP contribution in [0.15, 0.2) is 41.0 Å². The van der Waals surface area contributed by atoms with E-state index in [1.165, 1.54) is 0 Å². The second-order valence-corrected chi connectivity index (χ2v) is 5.35. The largest absolute Gasteiger partial charge is 0.497 e. The molecule has 0 aliphatic carbocycles. The Morgan fingerprint density at radius 1 is 1.23 bits per heavy atom. The van der Waals surface area contributed by atoms with Crippen molar-refractivity contribution >= 4 is 5.91 Å². The van der Waals surface area contributed by atoms with Gasteiger partial charge >= 0.3 is 0 Å². The number of likely N-dealkylation sites (tertiary alicyclic amines) is 1. The Hall–Kier alpha value is -2.43. The van der Waals surface area contributed by atoms with Gasteiger partial charge in [0.2, 0.25) is 0 Å². The van der Waals surface area contributed by atoms with E-state index >= 15 is 0 Å². The van der Waals surface area contributed by atoms with Crippen LogP contribution in [0.3, 0.4) is 0 Å². The standard InChI is InChI=1S/C17H19NO4/c1-20-14-8-13(9-15(10-14)21-2)17(19)18-6-5-12(11-18)16-4-3-7-22-16/h3-4,7-10,12H,5-6,11H2,1-2H3. The number of nitrogens with zero attached hydrogens (tertiary/aromatic N) is 1. The van der Waals surface area contributed by atoms with Crippen LogP contribution in [-0.2, 0) is 0 Å². The summed E-state index contributed by atoms with van der Waals surface area (Å²) in [5.74, 6) is 2.44. The molecule has 1 aliphatic rings. The Kier molecular flexibility index (Phi) is 4.04. The summed E-state index contributed by atoms with van der Waals surface area (Å²) in [6.45, 7) is 1.40. The summed E-state index contributed by atoms with van der Waals surface area (Å²) in [6, 6.07) is 9.09. The van der Waals surface area contributed by atoms with E-state index in [1.807, 2.05) is 17.0 Å². The minimum atomic E-state index is -0.00810. The van der Waals surface area contributed by atoms with E-state index in [1.54, 1.807) is 38.7 Å². The molecule has 2 heterocycles. The lowest BCUT2D eigenvalue weighted by atomic mass is 10.1. The Labute approximate surface area is 129 Å². The zero-order chi connectivity index (χ0) is 15.5. The second kappa shape index (κ2) is 6.13. The van der Waals surface area contributed by atoms with Gasteiger partial charge < -0.3 is 18.8 Å². The predicted octanol–water partition coefficient (Wildman–Crippen LogP) is 2.93. The molecule has 0 spiro atoms. The van der Waals surface area contributed by atoms with E-state index in [9.17, 15) is 4.79 Å². The molecule has 1 atom stereocenters. The molecular weight excluding hydrogens is 282 g/mol. The first-order valence-electron chi connectivity index (χ1n) is 7.27. The lowest BCUT2D eigenvalue weighted by Gasteiger charge is -2.17. The van der Waals surface area contributed by atoms with Gasteiger partial charge in [-0.05, 0) is 30.7 Å². The van der Waals surface area contributed by atoms with Crippen LogP contribution in [-0.4, -0.2) is 38.1 Å². The van der Waals surface area contributed by atoms with Crippen molar-refractivity contribution in [3.8, 4) is 11.5 Å². The van der Waals surface area contributed by atoms with Gasteiger partial charge in [0.25, 0.3) is 5.91 Å². The first-order valence-corrected chi connectivity index (χ1v) is 7.27. The number of carbonyl (C=O) groups excluding carboxylic acids is 1. The molecule has 116 valence electrons. The second-order valence-electron chi connectivity index (χ2n) is 5.35. The van der Waals surface area contributed by atoms with Gasteiger partial charge in [-0.3, -0.25) is 4.79 Å². The zero-order valence-electron chi connectivity index (χ0n) is 12.7. The SMILES string of the molecule is COc1cc(OC)cc(C(=O)N2CCC(c3ccco3)C2)c1. The highest BCUT2D eigenvalue weighted by atomic mass is 16.5. The third kappa shape index (κ3) is 2.79. The van der Waals surface area contributed by atoms with Crippen molar-refractivity contribution in [2.24, 2.45) is 0 Å². The molecule has 1 unspecified atom stereocenters. The zero-order valence-corrected chi connectivity index (χ0v) is 12.7. The number of hydrogen-bond acceptors (Lipinski definition) is 4. The number of methoxy groups -OCH3 is 2. The number of amides is 1. The molecule has 3 rings (SSSR count). The van der Waals surface area contributed by atoms with Crippen LogP contribution in [0.2, 0.25) is 0 Å². The molecule has 2 aromatic rings. The van der Waals surface area contributed by atoms with Crippen LogP contribution in [0, 0.1) is 0 Å². The Morgan fingerprint density at radius 3 is 2.55 bits per heavy atom. The van der Waals surface area contributed by atoms with Gasteiger partial charge in [-0.1, -0.05) is 0 Å². The maximum atomic E-state index is 12.7. The molecule has 1 saturated heterocycles. The maximum absolute atomic E-state index is 12.7. The highest BCUT2D eigenvalue weighted by Gasteiger charge is 2.29. The third-order valence-corrected chi connectivity index (χ3v) is 4.02. The fourth-order valence-electron chi connectivity index (χ4n) is 2.81. The van der Waals surface area contributed by atoms with Crippen molar-refractivity contribution in [3.63, 3.8) is 0 Å². The van der Waals surface area contributed by atoms with E-state index in [4.69, 9.17) is 13.9 Å². The van der Waals surface area contributed by atoms with Gasteiger partial charge in [-0.15, -0.1) is 0 Å². The molecule has 1 amide bonds. The first kappa shape index (κ1) is 14.5. The van der Waals surface area contributed by atoms with Gasteiger partial charge in [-0.2, -0.15) is 0 Å². The van der Waals surface area contributed by atoms with Crippen LogP contribution >= 0.6 is 0 Å². The van der Waals surface area contributed by atoms with E-state index in [0.29, 0.717) is 23.6 Å². The molecule has 0 N–H and O–H groups in total. The van der Waals surface area contributed by atoms with Crippen molar-refractivity contribution in [2.45, 2.75) is 12.3 Å². The molecule has 0 radical (unpaired) electrons. The average Bonchev–Trinajstić information content (AvgIpc) is 3.24. The van der Waals surface area contributed by atoms with Crippen LogP contribution < -0.4 is 9.47 Å². The van der Waals surface area contributed by atoms with Gasteiger partial charge in [0, 0.05) is 30.6 Å². The van der Waals surface area contributed by atoms with E-state index in [-0.39, 0.29) is 11.8 Å². The molecule has 5 nitrogen and oxygen atoms in total. The summed E-state index contributed by atoms with van der Waals surface area (Å²) in [5, 5.41) is 0. The number of ether oxygens (including phenoxy) is 2. The topological polar surface area (TPSA) is 51.9 Å². The van der Waals surface area contributed by atoms with Crippen molar-refractivity contribution < 1.29 is 18.7 Å². The van der Waals surface area contributed by atoms with Crippen molar-refractivity contribution in [1.29, 1.82) is 0 Å². The van der Waals surface area contributed by atoms with Crippen molar-refractivity contribution in [1.82, 2.24) is 4.90 Å². The van der Waals surface area contributed by atoms with Crippen LogP contribution in [0.5, 0.6) is 11.5 Å². The molecule has 1 aliphatic heterocycles. The van der Waals surface area contributed by atoms with E-state index in [2.05, 4.69) is 0 Å². The maximum Gasteiger partial charge on any atom is 0.254 e. The highest BCUT2D eigenvalue weighted by Crippen LogP contribution is 2.30. The molecular formula is C17H19NO4. The van der Waals surface area contributed by atoms with Crippen LogP contribution in [0.25, 0.3) is 0 Å². The first-order chi connectivity index (χ1) is 10.7. The van der Waals surface area contributed by atoms with Crippen LogP contribution in [0.1, 0.15) is 28.5 Å². The van der Waals surface area contributed by atoms with Gasteiger partial charge in [0.15, 0.2) is 0 Å². The summed E-state index contributed by atoms with van der Waals surface area (Å²) in [7, 11) is 3.15. The van der Waals surface area contributed by atoms with E-state index in [0.717, 1.165) is 18.7 Å². The molecule has 1 fully saturated rings. The smallest absolute Gasteiger partial charge is 0.254 e. The number of hydrogen-bond donors (Lipinski definition) is 0. The van der Waals surface area contributed by atoms with Gasteiger partial charge in [0.05, 0.1) is 20.5 Å². The fourth-order valence-corrected chi connectivity index (χ4v) is 2.81. The van der Waals surface area contributed by atoms with Crippen LogP contribution in [0.4, 0.5) is 0 Å². The molecule has 22 heavy (non-hydrogen) atoms. The summed E-state index contributed by atoms with van der Waals surface area (Å²) in [5.41, 5.74) is 0.580. The number of carbonyl (C=O) groups is 1. The Bertz CT molecular complexity index is 628. The number of furan rings is 1. The number of rotatable bonds is 4. The van der Waals surface area contributed by atoms with E-state index < -0.39 is 0 Å². The predicted molar refractivity (Wildman–Crippen MR) is 81.5 cm³/mol. The molecule has 0 saturated carbocycles. The monoisotopic (exact) mass is 301 g/mol. The van der Waals surface area contributed by atoms with Crippen molar-refractivity contribution in [2.75, 3.05) is 27.3 Å². The Morgan fingerprint density at radius 2 is 1.95 bits per heavy atom. The Balaban J connectivity index is 1.77. The van der Waals surface area contributed by atoms with Gasteiger partial charge in [-0.25, -0.2) is 0 Å². The highest BCUT2D eigenvalue weighted by molar-refractivity contribution is 5.95. The minimum Gasteiger partial charge on any atom is -0.497 e. The quantitative estimate of drug-likeness (QED) is 0.871. The lowest BCUT2D eigenvalue weighted by Crippen LogP contribution is -2.28. The summed E-state index contributed by atoms with van der Waals surface area (Å²) in [6.07, 6.45) is 2.59. The number of benzene rings is 1. The summed E-state index contributed by atoms with van der Waals surface area (Å²) >= 11 is 0. The molecule has 0 bridgehead atoms. The summed E-state index contributed by atoms with van der Waals surface area (Å²) < 4.78 is 15.9.